The van der Waals surface area contributed by atoms with Crippen LogP contribution in [0.2, 0.25) is 5.02 Å². The smallest absolute Gasteiger partial charge is 0.326 e. The number of halogens is 2. The molecule has 0 radical (unpaired) electrons. The Morgan fingerprint density at radius 1 is 1.26 bits per heavy atom. The van der Waals surface area contributed by atoms with Crippen LogP contribution in [0, 0.1) is 5.82 Å². The van der Waals surface area contributed by atoms with Crippen LogP contribution in [-0.4, -0.2) is 28.6 Å². The predicted octanol–water partition coefficient (Wildman–Crippen LogP) is 2.30. The molecule has 8 heteroatoms. The molecule has 0 aromatic heterocycles. The number of hydroxylamine groups is 2. The topological polar surface area (TPSA) is 80.8 Å². The van der Waals surface area contributed by atoms with Crippen LogP contribution in [0.5, 0.6) is 0 Å². The number of benzene rings is 1. The van der Waals surface area contributed by atoms with Crippen LogP contribution in [0.15, 0.2) is 18.2 Å². The highest BCUT2D eigenvalue weighted by Crippen LogP contribution is 2.24. The first-order valence-electron chi connectivity index (χ1n) is 6.56. The summed E-state index contributed by atoms with van der Waals surface area (Å²) in [4.78, 5) is 50.4. The van der Waals surface area contributed by atoms with E-state index in [1.807, 2.05) is 0 Å². The zero-order valence-corrected chi connectivity index (χ0v) is 12.7. The Morgan fingerprint density at radius 2 is 1.87 bits per heavy atom. The van der Waals surface area contributed by atoms with Gasteiger partial charge in [-0.05, 0) is 25.1 Å². The zero-order chi connectivity index (χ0) is 17.1. The molecule has 1 heterocycles. The molecule has 0 unspecified atom stereocenters. The Bertz CT molecular complexity index is 728. The third-order valence-electron chi connectivity index (χ3n) is 3.09. The van der Waals surface area contributed by atoms with E-state index >= 15 is 0 Å². The monoisotopic (exact) mass is 339 g/mol. The fourth-order valence-corrected chi connectivity index (χ4v) is 2.13. The van der Waals surface area contributed by atoms with Gasteiger partial charge in [0, 0.05) is 30.0 Å². The van der Waals surface area contributed by atoms with E-state index in [9.17, 15) is 23.6 Å². The molecule has 0 bridgehead atoms. The minimum Gasteiger partial charge on any atom is -0.326 e. The number of hydrogen-bond acceptors (Lipinski definition) is 5. The van der Waals surface area contributed by atoms with E-state index in [4.69, 9.17) is 11.6 Å². The molecule has 0 saturated carbocycles. The number of nitrogens with zero attached hydrogens (tertiary/aromatic N) is 1. The molecule has 120 valence electrons. The summed E-state index contributed by atoms with van der Waals surface area (Å²) in [6.07, 6.45) is 1.74. The van der Waals surface area contributed by atoms with Crippen molar-refractivity contribution in [2.75, 3.05) is 0 Å². The van der Waals surface area contributed by atoms with Crippen LogP contribution >= 0.6 is 11.6 Å². The standard InChI is InChI=1S/C15H11ClFNO5/c1-8(19)9-2-4-11(16)15(17)10(9)3-7-14(22)23-18-12(20)5-6-13(18)21/h2-4,7H,5-6H2,1H3/b7-3+. The maximum atomic E-state index is 14.0. The third-order valence-corrected chi connectivity index (χ3v) is 3.38. The summed E-state index contributed by atoms with van der Waals surface area (Å²) in [6.45, 7) is 1.24. The first-order chi connectivity index (χ1) is 10.8. The second-order valence-corrected chi connectivity index (χ2v) is 5.11. The second-order valence-electron chi connectivity index (χ2n) is 4.70. The van der Waals surface area contributed by atoms with Gasteiger partial charge >= 0.3 is 5.97 Å². The molecule has 1 aromatic carbocycles. The van der Waals surface area contributed by atoms with Crippen molar-refractivity contribution in [2.45, 2.75) is 19.8 Å². The quantitative estimate of drug-likeness (QED) is 0.477. The van der Waals surface area contributed by atoms with Crippen molar-refractivity contribution in [1.82, 2.24) is 5.06 Å². The average molecular weight is 340 g/mol. The molecule has 1 fully saturated rings. The summed E-state index contributed by atoms with van der Waals surface area (Å²) < 4.78 is 14.0. The van der Waals surface area contributed by atoms with Crippen LogP contribution in [0.25, 0.3) is 6.08 Å². The number of carbonyl (C=O) groups is 4. The molecule has 1 aliphatic rings. The predicted molar refractivity (Wildman–Crippen MR) is 77.6 cm³/mol. The van der Waals surface area contributed by atoms with E-state index < -0.39 is 29.4 Å². The summed E-state index contributed by atoms with van der Waals surface area (Å²) in [6, 6.07) is 2.55. The van der Waals surface area contributed by atoms with E-state index in [1.165, 1.54) is 19.1 Å². The summed E-state index contributed by atoms with van der Waals surface area (Å²) in [5, 5.41) is 0.153. The minimum atomic E-state index is -1.05. The molecule has 0 N–H and O–H groups in total. The highest BCUT2D eigenvalue weighted by Gasteiger charge is 2.32. The highest BCUT2D eigenvalue weighted by molar-refractivity contribution is 6.31. The maximum absolute atomic E-state index is 14.0. The number of hydrogen-bond donors (Lipinski definition) is 0. The van der Waals surface area contributed by atoms with Crippen LogP contribution in [0.4, 0.5) is 4.39 Å². The Balaban J connectivity index is 2.21. The number of amides is 2. The van der Waals surface area contributed by atoms with Crippen molar-refractivity contribution in [3.8, 4) is 0 Å². The SMILES string of the molecule is CC(=O)c1ccc(Cl)c(F)c1/C=C/C(=O)ON1C(=O)CCC1=O. The Hall–Kier alpha value is -2.54. The van der Waals surface area contributed by atoms with E-state index in [2.05, 4.69) is 4.84 Å². The molecule has 23 heavy (non-hydrogen) atoms. The lowest BCUT2D eigenvalue weighted by atomic mass is 10.0. The van der Waals surface area contributed by atoms with Crippen molar-refractivity contribution >= 4 is 41.2 Å². The van der Waals surface area contributed by atoms with Gasteiger partial charge in [0.05, 0.1) is 5.02 Å². The van der Waals surface area contributed by atoms with E-state index in [-0.39, 0.29) is 29.0 Å². The van der Waals surface area contributed by atoms with Gasteiger partial charge in [0.25, 0.3) is 11.8 Å². The molecule has 0 aliphatic carbocycles. The first kappa shape index (κ1) is 16.8. The zero-order valence-electron chi connectivity index (χ0n) is 12.0. The van der Waals surface area contributed by atoms with Crippen LogP contribution < -0.4 is 0 Å². The molecular weight excluding hydrogens is 329 g/mol. The van der Waals surface area contributed by atoms with Crippen LogP contribution in [-0.2, 0) is 19.2 Å². The molecule has 6 nitrogen and oxygen atoms in total. The maximum Gasteiger partial charge on any atom is 0.356 e. The van der Waals surface area contributed by atoms with Crippen molar-refractivity contribution in [3.05, 3.63) is 40.2 Å². The molecule has 0 atom stereocenters. The number of rotatable bonds is 4. The minimum absolute atomic E-state index is 0.0317. The van der Waals surface area contributed by atoms with Gasteiger partial charge in [-0.1, -0.05) is 11.6 Å². The molecule has 1 saturated heterocycles. The number of carbonyl (C=O) groups excluding carboxylic acids is 4. The molecule has 1 aromatic rings. The van der Waals surface area contributed by atoms with E-state index in [0.717, 1.165) is 12.2 Å². The third kappa shape index (κ3) is 3.62. The van der Waals surface area contributed by atoms with Gasteiger partial charge in [-0.15, -0.1) is 5.06 Å². The van der Waals surface area contributed by atoms with Gasteiger partial charge in [-0.3, -0.25) is 14.4 Å². The normalized spacial score (nSPS) is 14.7. The van der Waals surface area contributed by atoms with Crippen molar-refractivity contribution in [2.24, 2.45) is 0 Å². The van der Waals surface area contributed by atoms with Gasteiger partial charge in [0.2, 0.25) is 0 Å². The van der Waals surface area contributed by atoms with Crippen molar-refractivity contribution < 1.29 is 28.4 Å². The van der Waals surface area contributed by atoms with Crippen LogP contribution in [0.1, 0.15) is 35.7 Å². The number of ketones is 1. The fraction of sp³-hybridized carbons (Fsp3) is 0.200. The van der Waals surface area contributed by atoms with Crippen molar-refractivity contribution in [3.63, 3.8) is 0 Å². The van der Waals surface area contributed by atoms with Gasteiger partial charge in [0.1, 0.15) is 5.82 Å². The van der Waals surface area contributed by atoms with Gasteiger partial charge in [-0.2, -0.15) is 0 Å². The highest BCUT2D eigenvalue weighted by atomic mass is 35.5. The molecule has 1 aliphatic heterocycles. The number of imide groups is 1. The average Bonchev–Trinajstić information content (AvgIpc) is 2.80. The first-order valence-corrected chi connectivity index (χ1v) is 6.93. The molecule has 0 spiro atoms. The van der Waals surface area contributed by atoms with Gasteiger partial charge in [0.15, 0.2) is 5.78 Å². The van der Waals surface area contributed by atoms with Crippen LogP contribution in [0.3, 0.4) is 0 Å². The summed E-state index contributed by atoms with van der Waals surface area (Å²) in [5.74, 6) is -3.59. The van der Waals surface area contributed by atoms with E-state index in [0.29, 0.717) is 5.06 Å². The lowest BCUT2D eigenvalue weighted by Crippen LogP contribution is -2.31. The van der Waals surface area contributed by atoms with E-state index in [1.54, 1.807) is 0 Å². The molecule has 2 amide bonds. The number of Topliss-reactive ketones (excluding diaryl/α,β-unsaturated/α-hetero) is 1. The Labute approximate surface area is 135 Å². The lowest BCUT2D eigenvalue weighted by Gasteiger charge is -2.10. The van der Waals surface area contributed by atoms with Gasteiger partial charge < -0.3 is 4.84 Å². The second kappa shape index (κ2) is 6.70. The van der Waals surface area contributed by atoms with Crippen molar-refractivity contribution in [1.29, 1.82) is 0 Å². The molecule has 2 rings (SSSR count). The Kier molecular flexibility index (Phi) is 4.90. The summed E-state index contributed by atoms with van der Waals surface area (Å²) in [7, 11) is 0. The lowest BCUT2D eigenvalue weighted by molar-refractivity contribution is -0.193. The Morgan fingerprint density at radius 3 is 2.43 bits per heavy atom. The molecular formula is C15H11ClFNO5. The largest absolute Gasteiger partial charge is 0.356 e. The summed E-state index contributed by atoms with van der Waals surface area (Å²) >= 11 is 5.65. The summed E-state index contributed by atoms with van der Waals surface area (Å²) in [5.41, 5.74) is -0.148. The fourth-order valence-electron chi connectivity index (χ4n) is 1.97. The van der Waals surface area contributed by atoms with Gasteiger partial charge in [-0.25, -0.2) is 9.18 Å².